The van der Waals surface area contributed by atoms with E-state index in [9.17, 15) is 36.2 Å². The number of carbonyl (C=O) groups excluding carboxylic acids is 1. The van der Waals surface area contributed by atoms with Crippen LogP contribution in [0.5, 0.6) is 0 Å². The summed E-state index contributed by atoms with van der Waals surface area (Å²) in [6.45, 7) is 0.532. The number of H-pyrrole nitrogens is 1. The molecule has 1 amide bonds. The first kappa shape index (κ1) is 22.6. The predicted molar refractivity (Wildman–Crippen MR) is 100 cm³/mol. The maximum atomic E-state index is 13.6. The van der Waals surface area contributed by atoms with Crippen molar-refractivity contribution in [1.82, 2.24) is 15.2 Å². The van der Waals surface area contributed by atoms with E-state index in [1.165, 1.54) is 0 Å². The summed E-state index contributed by atoms with van der Waals surface area (Å²) in [6, 6.07) is 0.777. The van der Waals surface area contributed by atoms with Gasteiger partial charge in [-0.3, -0.25) is 9.89 Å². The number of piperidine rings is 1. The highest BCUT2D eigenvalue weighted by Crippen LogP contribution is 2.47. The fraction of sp³-hybridized carbons (Fsp3) is 0.500. The van der Waals surface area contributed by atoms with Gasteiger partial charge in [0, 0.05) is 36.5 Å². The van der Waals surface area contributed by atoms with Crippen molar-refractivity contribution < 1.29 is 36.2 Å². The lowest BCUT2D eigenvalue weighted by Gasteiger charge is -2.35. The fourth-order valence-corrected chi connectivity index (χ4v) is 4.41. The normalized spacial score (nSPS) is 22.6. The van der Waals surface area contributed by atoms with Crippen LogP contribution in [0.3, 0.4) is 0 Å². The van der Waals surface area contributed by atoms with Gasteiger partial charge in [0.1, 0.15) is 17.8 Å². The van der Waals surface area contributed by atoms with Crippen molar-refractivity contribution in [2.75, 3.05) is 23.3 Å². The number of amides is 1. The summed E-state index contributed by atoms with van der Waals surface area (Å²) in [5.41, 5.74) is -1.12. The van der Waals surface area contributed by atoms with E-state index in [2.05, 4.69) is 20.5 Å². The van der Waals surface area contributed by atoms with Gasteiger partial charge < -0.3 is 15.3 Å². The van der Waals surface area contributed by atoms with Crippen LogP contribution in [0, 0.1) is 0 Å². The molecule has 0 spiro atoms. The number of rotatable bonds is 2. The van der Waals surface area contributed by atoms with E-state index >= 15 is 0 Å². The summed E-state index contributed by atoms with van der Waals surface area (Å²) < 4.78 is 79.3. The molecule has 2 atom stereocenters. The Balaban J connectivity index is 1.55. The van der Waals surface area contributed by atoms with Gasteiger partial charge in [-0.2, -0.15) is 31.4 Å². The molecule has 14 heteroatoms. The third-order valence-corrected chi connectivity index (χ3v) is 5.95. The molecule has 174 valence electrons. The average molecular weight is 484 g/mol. The molecule has 2 aromatic heterocycles. The molecule has 4 rings (SSSR count). The van der Waals surface area contributed by atoms with Gasteiger partial charge >= 0.3 is 12.4 Å². The number of aliphatic hydroxyl groups is 1. The second-order valence-corrected chi connectivity index (χ2v) is 8.05. The third kappa shape index (κ3) is 3.98. The molecule has 0 aliphatic carbocycles. The van der Waals surface area contributed by atoms with Crippen LogP contribution in [0.1, 0.15) is 41.5 Å². The van der Waals surface area contributed by atoms with E-state index in [1.807, 2.05) is 0 Å². The summed E-state index contributed by atoms with van der Waals surface area (Å²) in [7, 11) is 0. The van der Waals surface area contributed by atoms with Crippen LogP contribution in [0.25, 0.3) is 0 Å². The number of fused-ring (bicyclic) bond motifs is 1. The lowest BCUT2D eigenvalue weighted by atomic mass is 9.83. The molecule has 0 unspecified atom stereocenters. The van der Waals surface area contributed by atoms with Crippen molar-refractivity contribution >= 4 is 29.1 Å². The van der Waals surface area contributed by atoms with Crippen LogP contribution in [0.15, 0.2) is 12.3 Å². The van der Waals surface area contributed by atoms with E-state index < -0.39 is 41.8 Å². The number of hydrogen-bond acceptors (Lipinski definition) is 5. The first-order chi connectivity index (χ1) is 14.9. The van der Waals surface area contributed by atoms with Crippen molar-refractivity contribution in [2.45, 2.75) is 43.1 Å². The first-order valence-corrected chi connectivity index (χ1v) is 9.87. The summed E-state index contributed by atoms with van der Waals surface area (Å²) in [5, 5.41) is 18.2. The van der Waals surface area contributed by atoms with E-state index in [0.29, 0.717) is 19.0 Å². The van der Waals surface area contributed by atoms with Crippen LogP contribution < -0.4 is 10.2 Å². The lowest BCUT2D eigenvalue weighted by Crippen LogP contribution is -2.44. The number of anilines is 2. The molecule has 3 N–H and O–H groups in total. The molecule has 1 saturated heterocycles. The highest BCUT2D eigenvalue weighted by molar-refractivity contribution is 6.33. The first-order valence-electron chi connectivity index (χ1n) is 9.49. The average Bonchev–Trinajstić information content (AvgIpc) is 3.10. The summed E-state index contributed by atoms with van der Waals surface area (Å²) in [4.78, 5) is 17.2. The van der Waals surface area contributed by atoms with Gasteiger partial charge in [0.05, 0.1) is 10.6 Å². The van der Waals surface area contributed by atoms with E-state index in [-0.39, 0.29) is 41.0 Å². The van der Waals surface area contributed by atoms with Crippen molar-refractivity contribution in [3.8, 4) is 0 Å². The van der Waals surface area contributed by atoms with E-state index in [4.69, 9.17) is 11.6 Å². The largest absolute Gasteiger partial charge is 0.417 e. The molecule has 1 fully saturated rings. The molecule has 2 aliphatic rings. The van der Waals surface area contributed by atoms with E-state index in [0.717, 1.165) is 6.07 Å². The van der Waals surface area contributed by atoms with Gasteiger partial charge in [0.2, 0.25) is 0 Å². The quantitative estimate of drug-likeness (QED) is 0.565. The highest BCUT2D eigenvalue weighted by atomic mass is 35.5. The highest BCUT2D eigenvalue weighted by Gasteiger charge is 2.54. The molecule has 2 aromatic rings. The molecule has 7 nitrogen and oxygen atoms in total. The molecule has 0 aromatic carbocycles. The molecule has 4 heterocycles. The van der Waals surface area contributed by atoms with Crippen LogP contribution in [-0.4, -0.2) is 51.6 Å². The second-order valence-electron chi connectivity index (χ2n) is 7.64. The van der Waals surface area contributed by atoms with Gasteiger partial charge in [-0.1, -0.05) is 11.6 Å². The minimum atomic E-state index is -4.87. The monoisotopic (exact) mass is 483 g/mol. The number of carbonyl (C=O) groups is 1. The standard InChI is InChI=1S/C18H16ClF6N5O2/c19-9-5-8(17(20,21)22)6-26-15(9)30-3-1-7(2-4-30)12-10-11(18(23,24)25)13(31)16(32)27-14(10)29-28-12/h5-7,11,13,31H,1-4H2,(H2,27,28,29,32)/t11-,13-/m1/s1. The summed E-state index contributed by atoms with van der Waals surface area (Å²) in [6.07, 6.45) is -10.4. The second kappa shape index (κ2) is 7.80. The van der Waals surface area contributed by atoms with Crippen molar-refractivity contribution in [3.05, 3.63) is 34.1 Å². The third-order valence-electron chi connectivity index (χ3n) is 5.67. The summed E-state index contributed by atoms with van der Waals surface area (Å²) >= 11 is 5.99. The minimum Gasteiger partial charge on any atom is -0.382 e. The number of aromatic nitrogens is 3. The van der Waals surface area contributed by atoms with Crippen molar-refractivity contribution in [1.29, 1.82) is 0 Å². The van der Waals surface area contributed by atoms with Gasteiger partial charge in [0.15, 0.2) is 5.82 Å². The molecule has 32 heavy (non-hydrogen) atoms. The molecular formula is C18H16ClF6N5O2. The van der Waals surface area contributed by atoms with Crippen LogP contribution in [0.4, 0.5) is 38.0 Å². The Morgan fingerprint density at radius 2 is 1.81 bits per heavy atom. The predicted octanol–water partition coefficient (Wildman–Crippen LogP) is 3.82. The summed E-state index contributed by atoms with van der Waals surface area (Å²) in [5.74, 6) is -4.13. The zero-order chi connectivity index (χ0) is 23.4. The van der Waals surface area contributed by atoms with Crippen LogP contribution in [0.2, 0.25) is 5.02 Å². The van der Waals surface area contributed by atoms with Crippen molar-refractivity contribution in [3.63, 3.8) is 0 Å². The Bertz CT molecular complexity index is 1030. The molecular weight excluding hydrogens is 468 g/mol. The smallest absolute Gasteiger partial charge is 0.382 e. The minimum absolute atomic E-state index is 0.153. The number of nitrogens with zero attached hydrogens (tertiary/aromatic N) is 3. The Morgan fingerprint density at radius 3 is 2.38 bits per heavy atom. The van der Waals surface area contributed by atoms with Gasteiger partial charge in [0.25, 0.3) is 5.91 Å². The van der Waals surface area contributed by atoms with Gasteiger partial charge in [-0.15, -0.1) is 0 Å². The Hall–Kier alpha value is -2.54. The molecule has 0 saturated carbocycles. The number of nitrogens with one attached hydrogen (secondary N) is 2. The Labute approximate surface area is 181 Å². The topological polar surface area (TPSA) is 94.1 Å². The molecule has 0 radical (unpaired) electrons. The number of aromatic amines is 1. The molecule has 2 aliphatic heterocycles. The van der Waals surface area contributed by atoms with Crippen molar-refractivity contribution in [2.24, 2.45) is 0 Å². The lowest BCUT2D eigenvalue weighted by molar-refractivity contribution is -0.177. The zero-order valence-electron chi connectivity index (χ0n) is 16.1. The number of alkyl halides is 6. The van der Waals surface area contributed by atoms with Gasteiger partial charge in [-0.05, 0) is 18.9 Å². The number of halogens is 7. The SMILES string of the molecule is O=C1Nc2n[nH]c(C3CCN(c4ncc(C(F)(F)F)cc4Cl)CC3)c2[C@@H](C(F)(F)F)[C@H]1O. The number of hydrogen-bond donors (Lipinski definition) is 3. The van der Waals surface area contributed by atoms with Gasteiger partial charge in [-0.25, -0.2) is 4.98 Å². The maximum absolute atomic E-state index is 13.6. The number of aliphatic hydroxyl groups excluding tert-OH is 1. The molecule has 0 bridgehead atoms. The fourth-order valence-electron chi connectivity index (χ4n) is 4.13. The van der Waals surface area contributed by atoms with Crippen LogP contribution in [-0.2, 0) is 11.0 Å². The zero-order valence-corrected chi connectivity index (χ0v) is 16.8. The van der Waals surface area contributed by atoms with E-state index in [1.54, 1.807) is 4.90 Å². The Morgan fingerprint density at radius 1 is 1.16 bits per heavy atom. The van der Waals surface area contributed by atoms with Crippen LogP contribution >= 0.6 is 11.6 Å². The number of pyridine rings is 1. The maximum Gasteiger partial charge on any atom is 0.417 e. The Kier molecular flexibility index (Phi) is 5.52.